The Kier molecular flexibility index (Phi) is 3.99. The van der Waals surface area contributed by atoms with E-state index in [1.165, 1.54) is 0 Å². The second-order valence-electron chi connectivity index (χ2n) is 6.24. The monoisotopic (exact) mass is 359 g/mol. The minimum atomic E-state index is -0.540. The molecule has 2 aliphatic rings. The van der Waals surface area contributed by atoms with Crippen molar-refractivity contribution >= 4 is 23.6 Å². The number of nitrogens with zero attached hydrogens (tertiary/aromatic N) is 3. The molecule has 0 bridgehead atoms. The summed E-state index contributed by atoms with van der Waals surface area (Å²) in [4.78, 5) is 25.9. The molecular formula is C17H17N3O4S. The zero-order chi connectivity index (χ0) is 17.4. The summed E-state index contributed by atoms with van der Waals surface area (Å²) in [5.74, 6) is 0.753. The Hall–Kier alpha value is -2.35. The fourth-order valence-electron chi connectivity index (χ4n) is 3.23. The molecule has 2 atom stereocenters. The molecule has 0 radical (unpaired) electrons. The lowest BCUT2D eigenvalue weighted by atomic mass is 10.2. The Bertz CT molecular complexity index is 809. The average Bonchev–Trinajstić information content (AvgIpc) is 3.30. The van der Waals surface area contributed by atoms with Crippen LogP contribution >= 0.6 is 11.8 Å². The summed E-state index contributed by atoms with van der Waals surface area (Å²) in [6.07, 6.45) is 1.25. The summed E-state index contributed by atoms with van der Waals surface area (Å²) in [6.45, 7) is 1.90. The SMILES string of the molecule is C[C@@]12CCC(=O)N1[C@@H](C(=O)OCc1nnc(-c3ccccc3)o1)CS2. The molecule has 1 amide bonds. The highest BCUT2D eigenvalue weighted by Crippen LogP contribution is 2.47. The fourth-order valence-corrected chi connectivity index (χ4v) is 4.65. The van der Waals surface area contributed by atoms with E-state index < -0.39 is 12.0 Å². The first-order valence-corrected chi connectivity index (χ1v) is 9.06. The predicted molar refractivity (Wildman–Crippen MR) is 90.3 cm³/mol. The third kappa shape index (κ3) is 2.90. The Morgan fingerprint density at radius 1 is 1.40 bits per heavy atom. The number of carbonyl (C=O) groups is 2. The van der Waals surface area contributed by atoms with Gasteiger partial charge in [0, 0.05) is 17.7 Å². The molecule has 25 heavy (non-hydrogen) atoms. The largest absolute Gasteiger partial charge is 0.454 e. The maximum atomic E-state index is 12.4. The van der Waals surface area contributed by atoms with Crippen LogP contribution in [0.1, 0.15) is 25.7 Å². The number of thioether (sulfide) groups is 1. The smallest absolute Gasteiger partial charge is 0.330 e. The summed E-state index contributed by atoms with van der Waals surface area (Å²) >= 11 is 1.63. The zero-order valence-corrected chi connectivity index (χ0v) is 14.5. The number of carbonyl (C=O) groups excluding carboxylic acids is 2. The van der Waals surface area contributed by atoms with Gasteiger partial charge in [-0.1, -0.05) is 18.2 Å². The molecule has 2 fully saturated rings. The van der Waals surface area contributed by atoms with E-state index in [0.29, 0.717) is 18.1 Å². The third-order valence-corrected chi connectivity index (χ3v) is 6.05. The van der Waals surface area contributed by atoms with Crippen molar-refractivity contribution in [2.24, 2.45) is 0 Å². The molecule has 0 unspecified atom stereocenters. The van der Waals surface area contributed by atoms with Gasteiger partial charge < -0.3 is 14.1 Å². The van der Waals surface area contributed by atoms with Crippen LogP contribution in [0.3, 0.4) is 0 Å². The maximum Gasteiger partial charge on any atom is 0.330 e. The van der Waals surface area contributed by atoms with E-state index >= 15 is 0 Å². The highest BCUT2D eigenvalue weighted by Gasteiger charge is 2.53. The van der Waals surface area contributed by atoms with Crippen LogP contribution < -0.4 is 0 Å². The second kappa shape index (κ2) is 6.18. The number of hydrogen-bond donors (Lipinski definition) is 0. The van der Waals surface area contributed by atoms with Gasteiger partial charge in [0.25, 0.3) is 5.89 Å². The molecule has 4 rings (SSSR count). The maximum absolute atomic E-state index is 12.4. The van der Waals surface area contributed by atoms with E-state index in [0.717, 1.165) is 12.0 Å². The molecular weight excluding hydrogens is 342 g/mol. The summed E-state index contributed by atoms with van der Waals surface area (Å²) in [7, 11) is 0. The fraction of sp³-hybridized carbons (Fsp3) is 0.412. The van der Waals surface area contributed by atoms with Crippen LogP contribution in [-0.2, 0) is 20.9 Å². The van der Waals surface area contributed by atoms with Crippen molar-refractivity contribution in [2.75, 3.05) is 5.75 Å². The predicted octanol–water partition coefficient (Wildman–Crippen LogP) is 2.23. The quantitative estimate of drug-likeness (QED) is 0.774. The van der Waals surface area contributed by atoms with Crippen LogP contribution in [0.15, 0.2) is 34.7 Å². The highest BCUT2D eigenvalue weighted by molar-refractivity contribution is 8.01. The van der Waals surface area contributed by atoms with Crippen molar-refractivity contribution in [2.45, 2.75) is 37.3 Å². The normalized spacial score (nSPS) is 25.2. The van der Waals surface area contributed by atoms with Crippen LogP contribution in [0.2, 0.25) is 0 Å². The van der Waals surface area contributed by atoms with E-state index in [9.17, 15) is 9.59 Å². The number of aromatic nitrogens is 2. The molecule has 0 aliphatic carbocycles. The molecule has 1 aromatic heterocycles. The molecule has 1 aromatic carbocycles. The lowest BCUT2D eigenvalue weighted by Gasteiger charge is -2.29. The van der Waals surface area contributed by atoms with Crippen LogP contribution in [0.5, 0.6) is 0 Å². The van der Waals surface area contributed by atoms with Crippen LogP contribution in [0.4, 0.5) is 0 Å². The highest BCUT2D eigenvalue weighted by atomic mass is 32.2. The zero-order valence-electron chi connectivity index (χ0n) is 13.7. The number of amides is 1. The van der Waals surface area contributed by atoms with Crippen molar-refractivity contribution in [3.8, 4) is 11.5 Å². The minimum Gasteiger partial charge on any atom is -0.454 e. The third-order valence-electron chi connectivity index (χ3n) is 4.54. The summed E-state index contributed by atoms with van der Waals surface area (Å²) in [5, 5.41) is 7.87. The van der Waals surface area contributed by atoms with Gasteiger partial charge in [-0.2, -0.15) is 0 Å². The minimum absolute atomic E-state index is 0.0126. The van der Waals surface area contributed by atoms with Crippen molar-refractivity contribution in [1.82, 2.24) is 15.1 Å². The van der Waals surface area contributed by atoms with Gasteiger partial charge in [0.1, 0.15) is 6.04 Å². The van der Waals surface area contributed by atoms with Crippen LogP contribution in [0, 0.1) is 0 Å². The molecule has 0 N–H and O–H groups in total. The van der Waals surface area contributed by atoms with Gasteiger partial charge in [-0.15, -0.1) is 22.0 Å². The molecule has 130 valence electrons. The van der Waals surface area contributed by atoms with E-state index in [-0.39, 0.29) is 23.3 Å². The van der Waals surface area contributed by atoms with Gasteiger partial charge in [0.05, 0.1) is 4.87 Å². The number of ether oxygens (including phenoxy) is 1. The van der Waals surface area contributed by atoms with Gasteiger partial charge in [-0.25, -0.2) is 4.79 Å². The van der Waals surface area contributed by atoms with Gasteiger partial charge in [-0.05, 0) is 25.5 Å². The lowest BCUT2D eigenvalue weighted by molar-refractivity contribution is -0.155. The average molecular weight is 359 g/mol. The second-order valence-corrected chi connectivity index (χ2v) is 7.74. The number of hydrogen-bond acceptors (Lipinski definition) is 7. The topological polar surface area (TPSA) is 85.5 Å². The first kappa shape index (κ1) is 16.1. The van der Waals surface area contributed by atoms with Crippen molar-refractivity contribution in [1.29, 1.82) is 0 Å². The van der Waals surface area contributed by atoms with Gasteiger partial charge >= 0.3 is 5.97 Å². The Morgan fingerprint density at radius 2 is 2.20 bits per heavy atom. The van der Waals surface area contributed by atoms with Crippen molar-refractivity contribution < 1.29 is 18.7 Å². The molecule has 2 aliphatic heterocycles. The summed E-state index contributed by atoms with van der Waals surface area (Å²) in [6, 6.07) is 8.83. The number of fused-ring (bicyclic) bond motifs is 1. The van der Waals surface area contributed by atoms with Crippen LogP contribution in [-0.4, -0.2) is 43.6 Å². The first-order chi connectivity index (χ1) is 12.1. The van der Waals surface area contributed by atoms with Crippen molar-refractivity contribution in [3.63, 3.8) is 0 Å². The number of esters is 1. The molecule has 7 nitrogen and oxygen atoms in total. The molecule has 2 aromatic rings. The van der Waals surface area contributed by atoms with Gasteiger partial charge in [0.15, 0.2) is 6.61 Å². The van der Waals surface area contributed by atoms with E-state index in [4.69, 9.17) is 9.15 Å². The number of benzene rings is 1. The van der Waals surface area contributed by atoms with Gasteiger partial charge in [0.2, 0.25) is 11.8 Å². The molecule has 8 heteroatoms. The number of rotatable bonds is 4. The van der Waals surface area contributed by atoms with Gasteiger partial charge in [-0.3, -0.25) is 4.79 Å². The summed E-state index contributed by atoms with van der Waals surface area (Å²) in [5.41, 5.74) is 0.804. The first-order valence-electron chi connectivity index (χ1n) is 8.07. The summed E-state index contributed by atoms with van der Waals surface area (Å²) < 4.78 is 10.8. The van der Waals surface area contributed by atoms with E-state index in [1.54, 1.807) is 16.7 Å². The molecule has 0 saturated carbocycles. The molecule has 2 saturated heterocycles. The molecule has 3 heterocycles. The van der Waals surface area contributed by atoms with Crippen LogP contribution in [0.25, 0.3) is 11.5 Å². The molecule has 0 spiro atoms. The Labute approximate surface area is 148 Å². The van der Waals surface area contributed by atoms with E-state index in [2.05, 4.69) is 10.2 Å². The lowest BCUT2D eigenvalue weighted by Crippen LogP contribution is -2.46. The van der Waals surface area contributed by atoms with Crippen molar-refractivity contribution in [3.05, 3.63) is 36.2 Å². The standard InChI is InChI=1S/C17H17N3O4S/c1-17-8-7-14(21)20(17)12(10-25-17)16(22)23-9-13-18-19-15(24-13)11-5-3-2-4-6-11/h2-6,12H,7-10H2,1H3/t12-,17-/m1/s1. The Balaban J connectivity index is 1.40. The Morgan fingerprint density at radius 3 is 3.00 bits per heavy atom. The van der Waals surface area contributed by atoms with E-state index in [1.807, 2.05) is 37.3 Å².